The number of rotatable bonds is 3. The van der Waals surface area contributed by atoms with Crippen molar-refractivity contribution in [1.29, 1.82) is 0 Å². The van der Waals surface area contributed by atoms with Crippen molar-refractivity contribution in [2.24, 2.45) is 0 Å². The molecular formula is C7H12N2O2. The first-order valence-corrected chi connectivity index (χ1v) is 3.85. The quantitative estimate of drug-likeness (QED) is 0.650. The average Bonchev–Trinajstić information content (AvgIpc) is 2.34. The molecule has 0 saturated carbocycles. The van der Waals surface area contributed by atoms with Crippen molar-refractivity contribution in [2.75, 3.05) is 0 Å². The van der Waals surface area contributed by atoms with Crippen LogP contribution in [0.3, 0.4) is 0 Å². The van der Waals surface area contributed by atoms with E-state index in [0.29, 0.717) is 6.54 Å². The summed E-state index contributed by atoms with van der Waals surface area (Å²) >= 11 is 0. The molecule has 0 spiro atoms. The summed E-state index contributed by atoms with van der Waals surface area (Å²) in [5.74, 6) is 0.389. The molecule has 4 nitrogen and oxygen atoms in total. The topological polar surface area (TPSA) is 48.0 Å². The van der Waals surface area contributed by atoms with Gasteiger partial charge in [-0.25, -0.2) is 4.79 Å². The maximum Gasteiger partial charge on any atom is 0.441 e. The Bertz CT molecular complexity index is 274. The summed E-state index contributed by atoms with van der Waals surface area (Å²) in [7, 11) is 0. The summed E-state index contributed by atoms with van der Waals surface area (Å²) in [4.78, 5) is 10.9. The van der Waals surface area contributed by atoms with Gasteiger partial charge in [-0.1, -0.05) is 19.0 Å². The molecule has 0 saturated heterocycles. The lowest BCUT2D eigenvalue weighted by molar-refractivity contribution is 0.373. The molecule has 62 valence electrons. The molecule has 0 aliphatic carbocycles. The van der Waals surface area contributed by atoms with Gasteiger partial charge in [0.15, 0.2) is 5.82 Å². The van der Waals surface area contributed by atoms with Gasteiger partial charge in [-0.15, -0.1) is 0 Å². The standard InChI is InChI=1S/C7H12N2O2/c1-3-5-9-6(4-2)8-11-7(9)10/h3-5H2,1-2H3. The SMILES string of the molecule is CCCn1c(CC)noc1=O. The fraction of sp³-hybridized carbons (Fsp3) is 0.714. The molecule has 11 heavy (non-hydrogen) atoms. The van der Waals surface area contributed by atoms with Crippen molar-refractivity contribution in [3.8, 4) is 0 Å². The first kappa shape index (κ1) is 8.04. The van der Waals surface area contributed by atoms with Gasteiger partial charge in [-0.3, -0.25) is 9.09 Å². The van der Waals surface area contributed by atoms with Gasteiger partial charge >= 0.3 is 5.76 Å². The second-order valence-corrected chi connectivity index (χ2v) is 2.37. The second kappa shape index (κ2) is 3.37. The van der Waals surface area contributed by atoms with E-state index in [-0.39, 0.29) is 5.76 Å². The van der Waals surface area contributed by atoms with Crippen molar-refractivity contribution in [2.45, 2.75) is 33.2 Å². The van der Waals surface area contributed by atoms with Crippen LogP contribution >= 0.6 is 0 Å². The molecule has 1 heterocycles. The third kappa shape index (κ3) is 1.50. The Kier molecular flexibility index (Phi) is 2.46. The van der Waals surface area contributed by atoms with E-state index in [9.17, 15) is 4.79 Å². The Hall–Kier alpha value is -1.06. The first-order chi connectivity index (χ1) is 5.29. The van der Waals surface area contributed by atoms with Crippen molar-refractivity contribution in [3.63, 3.8) is 0 Å². The Morgan fingerprint density at radius 3 is 2.82 bits per heavy atom. The monoisotopic (exact) mass is 156 g/mol. The van der Waals surface area contributed by atoms with Gasteiger partial charge in [0.05, 0.1) is 0 Å². The summed E-state index contributed by atoms with van der Waals surface area (Å²) in [5.41, 5.74) is 0. The molecule has 1 aromatic rings. The van der Waals surface area contributed by atoms with Crippen LogP contribution in [0, 0.1) is 0 Å². The molecule has 0 N–H and O–H groups in total. The molecule has 0 fully saturated rings. The second-order valence-electron chi connectivity index (χ2n) is 2.37. The summed E-state index contributed by atoms with van der Waals surface area (Å²) in [6.45, 7) is 4.66. The Morgan fingerprint density at radius 1 is 1.55 bits per heavy atom. The van der Waals surface area contributed by atoms with Gasteiger partial charge in [-0.2, -0.15) is 0 Å². The Labute approximate surface area is 64.8 Å². The smallest absolute Gasteiger partial charge is 0.296 e. The van der Waals surface area contributed by atoms with Crippen LogP contribution in [0.4, 0.5) is 0 Å². The van der Waals surface area contributed by atoms with Crippen LogP contribution in [0.15, 0.2) is 9.32 Å². The highest BCUT2D eigenvalue weighted by molar-refractivity contribution is 4.82. The predicted molar refractivity (Wildman–Crippen MR) is 40.4 cm³/mol. The number of hydrogen-bond acceptors (Lipinski definition) is 3. The molecule has 0 aromatic carbocycles. The van der Waals surface area contributed by atoms with Crippen LogP contribution in [-0.4, -0.2) is 9.72 Å². The summed E-state index contributed by atoms with van der Waals surface area (Å²) in [6.07, 6.45) is 1.67. The lowest BCUT2D eigenvalue weighted by Crippen LogP contribution is -2.16. The van der Waals surface area contributed by atoms with E-state index in [0.717, 1.165) is 18.7 Å². The van der Waals surface area contributed by atoms with Gasteiger partial charge in [0.25, 0.3) is 0 Å². The average molecular weight is 156 g/mol. The molecule has 0 bridgehead atoms. The maximum atomic E-state index is 10.9. The van der Waals surface area contributed by atoms with Crippen LogP contribution < -0.4 is 5.76 Å². The van der Waals surface area contributed by atoms with Crippen molar-refractivity contribution in [1.82, 2.24) is 9.72 Å². The lowest BCUT2D eigenvalue weighted by atomic mass is 10.4. The highest BCUT2D eigenvalue weighted by atomic mass is 16.5. The van der Waals surface area contributed by atoms with Gasteiger partial charge in [0, 0.05) is 13.0 Å². The summed E-state index contributed by atoms with van der Waals surface area (Å²) in [5, 5.41) is 3.63. The van der Waals surface area contributed by atoms with Crippen LogP contribution in [-0.2, 0) is 13.0 Å². The van der Waals surface area contributed by atoms with E-state index in [2.05, 4.69) is 9.68 Å². The number of nitrogens with zero attached hydrogens (tertiary/aromatic N) is 2. The van der Waals surface area contributed by atoms with E-state index in [4.69, 9.17) is 0 Å². The molecule has 0 radical (unpaired) electrons. The van der Waals surface area contributed by atoms with Gasteiger partial charge in [0.2, 0.25) is 0 Å². The van der Waals surface area contributed by atoms with Gasteiger partial charge < -0.3 is 0 Å². The minimum atomic E-state index is -0.344. The van der Waals surface area contributed by atoms with Crippen molar-refractivity contribution < 1.29 is 4.52 Å². The predicted octanol–water partition coefficient (Wildman–Crippen LogP) is 0.809. The molecule has 0 amide bonds. The molecular weight excluding hydrogens is 144 g/mol. The third-order valence-corrected chi connectivity index (χ3v) is 1.52. The lowest BCUT2D eigenvalue weighted by Gasteiger charge is -1.97. The van der Waals surface area contributed by atoms with Crippen LogP contribution in [0.25, 0.3) is 0 Å². The minimum Gasteiger partial charge on any atom is -0.296 e. The third-order valence-electron chi connectivity index (χ3n) is 1.52. The largest absolute Gasteiger partial charge is 0.441 e. The zero-order valence-corrected chi connectivity index (χ0v) is 6.83. The van der Waals surface area contributed by atoms with E-state index in [1.165, 1.54) is 0 Å². The van der Waals surface area contributed by atoms with Crippen molar-refractivity contribution >= 4 is 0 Å². The molecule has 0 unspecified atom stereocenters. The van der Waals surface area contributed by atoms with E-state index in [1.807, 2.05) is 13.8 Å². The molecule has 1 rings (SSSR count). The summed E-state index contributed by atoms with van der Waals surface area (Å²) < 4.78 is 6.07. The van der Waals surface area contributed by atoms with Crippen LogP contribution in [0.2, 0.25) is 0 Å². The number of aryl methyl sites for hydroxylation is 1. The Morgan fingerprint density at radius 2 is 2.27 bits per heavy atom. The highest BCUT2D eigenvalue weighted by Gasteiger charge is 2.05. The maximum absolute atomic E-state index is 10.9. The molecule has 1 aromatic heterocycles. The number of aromatic nitrogens is 2. The Balaban J connectivity index is 2.97. The van der Waals surface area contributed by atoms with E-state index >= 15 is 0 Å². The first-order valence-electron chi connectivity index (χ1n) is 3.85. The summed E-state index contributed by atoms with van der Waals surface area (Å²) in [6, 6.07) is 0. The van der Waals surface area contributed by atoms with Crippen molar-refractivity contribution in [3.05, 3.63) is 16.4 Å². The van der Waals surface area contributed by atoms with Crippen LogP contribution in [0.5, 0.6) is 0 Å². The minimum absolute atomic E-state index is 0.344. The van der Waals surface area contributed by atoms with Crippen LogP contribution in [0.1, 0.15) is 26.1 Å². The fourth-order valence-corrected chi connectivity index (χ4v) is 0.995. The highest BCUT2D eigenvalue weighted by Crippen LogP contribution is 1.94. The van der Waals surface area contributed by atoms with Gasteiger partial charge in [-0.05, 0) is 6.42 Å². The molecule has 0 aliphatic rings. The van der Waals surface area contributed by atoms with E-state index < -0.39 is 0 Å². The molecule has 4 heteroatoms. The number of hydrogen-bond donors (Lipinski definition) is 0. The van der Waals surface area contributed by atoms with Gasteiger partial charge in [0.1, 0.15) is 0 Å². The normalized spacial score (nSPS) is 10.4. The molecule has 0 atom stereocenters. The zero-order valence-electron chi connectivity index (χ0n) is 6.83. The fourth-order valence-electron chi connectivity index (χ4n) is 0.995. The zero-order chi connectivity index (χ0) is 8.27. The molecule has 0 aliphatic heterocycles. The van der Waals surface area contributed by atoms with E-state index in [1.54, 1.807) is 4.57 Å².